The third kappa shape index (κ3) is 6.97. The minimum absolute atomic E-state index is 0.137. The maximum atomic E-state index is 11.7. The molecule has 1 N–H and O–H groups in total. The molecule has 4 nitrogen and oxygen atoms in total. The summed E-state index contributed by atoms with van der Waals surface area (Å²) in [6.07, 6.45) is 6.58. The topological polar surface area (TPSA) is 47.6 Å². The minimum atomic E-state index is -0.191. The summed E-state index contributed by atoms with van der Waals surface area (Å²) in [5, 5.41) is 3.32. The van der Waals surface area contributed by atoms with Crippen molar-refractivity contribution in [2.45, 2.75) is 64.5 Å². The van der Waals surface area contributed by atoms with E-state index in [2.05, 4.69) is 12.2 Å². The summed E-state index contributed by atoms with van der Waals surface area (Å²) in [5.74, 6) is -0.137. The molecule has 4 heteroatoms. The Kier molecular flexibility index (Phi) is 8.01. The van der Waals surface area contributed by atoms with Crippen molar-refractivity contribution in [2.24, 2.45) is 0 Å². The van der Waals surface area contributed by atoms with Crippen LogP contribution in [0.15, 0.2) is 0 Å². The van der Waals surface area contributed by atoms with E-state index in [0.717, 1.165) is 13.0 Å². The number of carbonyl (C=O) groups is 1. The molecule has 0 aromatic carbocycles. The summed E-state index contributed by atoms with van der Waals surface area (Å²) in [4.78, 5) is 11.7. The van der Waals surface area contributed by atoms with Gasteiger partial charge in [0, 0.05) is 19.3 Å². The lowest BCUT2D eigenvalue weighted by atomic mass is 10.2. The summed E-state index contributed by atoms with van der Waals surface area (Å²) >= 11 is 0. The monoisotopic (exact) mass is 257 g/mol. The first kappa shape index (κ1) is 15.4. The first-order valence-corrected chi connectivity index (χ1v) is 7.28. The molecule has 0 saturated heterocycles. The van der Waals surface area contributed by atoms with Gasteiger partial charge in [0.25, 0.3) is 0 Å². The first-order chi connectivity index (χ1) is 8.77. The number of ether oxygens (including phenoxy) is 2. The second-order valence-corrected chi connectivity index (χ2v) is 4.85. The highest BCUT2D eigenvalue weighted by Gasteiger charge is 2.28. The van der Waals surface area contributed by atoms with E-state index in [-0.39, 0.29) is 12.0 Å². The van der Waals surface area contributed by atoms with E-state index in [0.29, 0.717) is 25.7 Å². The number of rotatable bonds is 11. The Hall–Kier alpha value is -0.610. The van der Waals surface area contributed by atoms with Gasteiger partial charge in [-0.15, -0.1) is 0 Å². The normalized spacial score (nSPS) is 16.6. The maximum absolute atomic E-state index is 11.7. The molecule has 1 atom stereocenters. The molecule has 1 aliphatic rings. The fourth-order valence-corrected chi connectivity index (χ4v) is 1.80. The Morgan fingerprint density at radius 2 is 2.06 bits per heavy atom. The van der Waals surface area contributed by atoms with Crippen LogP contribution in [0.25, 0.3) is 0 Å². The number of esters is 1. The van der Waals surface area contributed by atoms with E-state index in [4.69, 9.17) is 9.47 Å². The van der Waals surface area contributed by atoms with Crippen LogP contribution in [0.5, 0.6) is 0 Å². The lowest BCUT2D eigenvalue weighted by molar-refractivity contribution is -0.146. The van der Waals surface area contributed by atoms with Gasteiger partial charge in [-0.1, -0.05) is 19.8 Å². The van der Waals surface area contributed by atoms with Crippen molar-refractivity contribution in [1.82, 2.24) is 5.32 Å². The molecular weight excluding hydrogens is 230 g/mol. The zero-order valence-corrected chi connectivity index (χ0v) is 11.7. The Bertz CT molecular complexity index is 229. The maximum Gasteiger partial charge on any atom is 0.323 e. The standard InChI is InChI=1S/C14H27NO3/c1-3-5-6-10-17-11-9-13(14(16)18-4-2)15-12-7-8-12/h12-13,15H,3-11H2,1-2H3. The summed E-state index contributed by atoms with van der Waals surface area (Å²) in [6, 6.07) is 0.322. The lowest BCUT2D eigenvalue weighted by Crippen LogP contribution is -2.40. The third-order valence-electron chi connectivity index (χ3n) is 3.03. The molecule has 106 valence electrons. The van der Waals surface area contributed by atoms with Crippen molar-refractivity contribution in [2.75, 3.05) is 19.8 Å². The highest BCUT2D eigenvalue weighted by atomic mass is 16.5. The smallest absolute Gasteiger partial charge is 0.323 e. The van der Waals surface area contributed by atoms with Crippen LogP contribution in [-0.4, -0.2) is 37.9 Å². The molecular formula is C14H27NO3. The summed E-state index contributed by atoms with van der Waals surface area (Å²) in [5.41, 5.74) is 0. The molecule has 1 aliphatic carbocycles. The van der Waals surface area contributed by atoms with Crippen molar-refractivity contribution in [3.63, 3.8) is 0 Å². The molecule has 0 spiro atoms. The Labute approximate surface area is 110 Å². The van der Waals surface area contributed by atoms with Crippen molar-refractivity contribution in [3.05, 3.63) is 0 Å². The molecule has 0 aliphatic heterocycles. The van der Waals surface area contributed by atoms with Crippen LogP contribution in [-0.2, 0) is 14.3 Å². The van der Waals surface area contributed by atoms with Crippen LogP contribution in [0.2, 0.25) is 0 Å². The highest BCUT2D eigenvalue weighted by Crippen LogP contribution is 2.20. The van der Waals surface area contributed by atoms with E-state index in [9.17, 15) is 4.79 Å². The van der Waals surface area contributed by atoms with Gasteiger partial charge in [-0.3, -0.25) is 4.79 Å². The molecule has 0 heterocycles. The van der Waals surface area contributed by atoms with Crippen LogP contribution in [0, 0.1) is 0 Å². The molecule has 1 unspecified atom stereocenters. The van der Waals surface area contributed by atoms with E-state index in [1.54, 1.807) is 0 Å². The molecule has 1 fully saturated rings. The third-order valence-corrected chi connectivity index (χ3v) is 3.03. The van der Waals surface area contributed by atoms with E-state index in [1.165, 1.54) is 25.7 Å². The van der Waals surface area contributed by atoms with Gasteiger partial charge in [0.1, 0.15) is 6.04 Å². The average molecular weight is 257 g/mol. The van der Waals surface area contributed by atoms with Gasteiger partial charge in [0.05, 0.1) is 6.61 Å². The van der Waals surface area contributed by atoms with E-state index < -0.39 is 0 Å². The van der Waals surface area contributed by atoms with Gasteiger partial charge >= 0.3 is 5.97 Å². The SMILES string of the molecule is CCCCCOCCC(NC1CC1)C(=O)OCC. The second-order valence-electron chi connectivity index (χ2n) is 4.85. The molecule has 0 aromatic heterocycles. The van der Waals surface area contributed by atoms with Gasteiger partial charge in [-0.2, -0.15) is 0 Å². The van der Waals surface area contributed by atoms with Gasteiger partial charge in [0.15, 0.2) is 0 Å². The van der Waals surface area contributed by atoms with Crippen LogP contribution in [0.1, 0.15) is 52.4 Å². The summed E-state index contributed by atoms with van der Waals surface area (Å²) < 4.78 is 10.6. The second kappa shape index (κ2) is 9.34. The van der Waals surface area contributed by atoms with E-state index >= 15 is 0 Å². The summed E-state index contributed by atoms with van der Waals surface area (Å²) in [6.45, 7) is 5.89. The number of hydrogen-bond donors (Lipinski definition) is 1. The Morgan fingerprint density at radius 1 is 1.28 bits per heavy atom. The zero-order chi connectivity index (χ0) is 13.2. The fraction of sp³-hybridized carbons (Fsp3) is 0.929. The quantitative estimate of drug-likeness (QED) is 0.455. The van der Waals surface area contributed by atoms with Crippen molar-refractivity contribution < 1.29 is 14.3 Å². The molecule has 0 aromatic rings. The summed E-state index contributed by atoms with van der Waals surface area (Å²) in [7, 11) is 0. The Balaban J connectivity index is 2.12. The molecule has 1 rings (SSSR count). The van der Waals surface area contributed by atoms with Crippen molar-refractivity contribution in [3.8, 4) is 0 Å². The van der Waals surface area contributed by atoms with E-state index in [1.807, 2.05) is 6.92 Å². The molecule has 0 amide bonds. The molecule has 18 heavy (non-hydrogen) atoms. The highest BCUT2D eigenvalue weighted by molar-refractivity contribution is 5.75. The minimum Gasteiger partial charge on any atom is -0.465 e. The van der Waals surface area contributed by atoms with Gasteiger partial charge < -0.3 is 14.8 Å². The number of unbranched alkanes of at least 4 members (excludes halogenated alkanes) is 2. The number of hydrogen-bond acceptors (Lipinski definition) is 4. The van der Waals surface area contributed by atoms with Crippen molar-refractivity contribution >= 4 is 5.97 Å². The van der Waals surface area contributed by atoms with Crippen LogP contribution in [0.4, 0.5) is 0 Å². The number of carbonyl (C=O) groups excluding carboxylic acids is 1. The van der Waals surface area contributed by atoms with Crippen LogP contribution >= 0.6 is 0 Å². The Morgan fingerprint density at radius 3 is 2.67 bits per heavy atom. The van der Waals surface area contributed by atoms with Gasteiger partial charge in [-0.25, -0.2) is 0 Å². The van der Waals surface area contributed by atoms with Crippen LogP contribution < -0.4 is 5.32 Å². The number of nitrogens with one attached hydrogen (secondary N) is 1. The molecule has 0 radical (unpaired) electrons. The fourth-order valence-electron chi connectivity index (χ4n) is 1.80. The molecule has 0 bridgehead atoms. The predicted molar refractivity (Wildman–Crippen MR) is 71.5 cm³/mol. The van der Waals surface area contributed by atoms with Gasteiger partial charge in [0.2, 0.25) is 0 Å². The lowest BCUT2D eigenvalue weighted by Gasteiger charge is -2.16. The van der Waals surface area contributed by atoms with Crippen molar-refractivity contribution in [1.29, 1.82) is 0 Å². The largest absolute Gasteiger partial charge is 0.465 e. The van der Waals surface area contributed by atoms with Gasteiger partial charge in [-0.05, 0) is 32.6 Å². The van der Waals surface area contributed by atoms with Crippen LogP contribution in [0.3, 0.4) is 0 Å². The average Bonchev–Trinajstić information content (AvgIpc) is 3.16. The predicted octanol–water partition coefficient (Wildman–Crippen LogP) is 2.27. The zero-order valence-electron chi connectivity index (χ0n) is 11.7. The molecule has 1 saturated carbocycles. The first-order valence-electron chi connectivity index (χ1n) is 7.28.